The van der Waals surface area contributed by atoms with Gasteiger partial charge in [-0.2, -0.15) is 0 Å². The Kier molecular flexibility index (Phi) is 6.38. The van der Waals surface area contributed by atoms with E-state index in [0.717, 1.165) is 19.3 Å². The summed E-state index contributed by atoms with van der Waals surface area (Å²) in [6.45, 7) is 6.20. The normalized spacial score (nSPS) is 13.4. The zero-order valence-corrected chi connectivity index (χ0v) is 13.1. The molecule has 1 aromatic heterocycles. The Morgan fingerprint density at radius 2 is 2.00 bits per heavy atom. The summed E-state index contributed by atoms with van der Waals surface area (Å²) < 4.78 is 27.1. The summed E-state index contributed by atoms with van der Waals surface area (Å²) in [5, 5.41) is 0. The summed E-state index contributed by atoms with van der Waals surface area (Å²) in [5.74, 6) is 6.19. The molecule has 1 unspecified atom stereocenters. The number of hydrogen-bond acceptors (Lipinski definition) is 5. The molecule has 1 rings (SSSR count). The molecule has 0 saturated carbocycles. The second-order valence-electron chi connectivity index (χ2n) is 5.37. The first kappa shape index (κ1) is 16.9. The van der Waals surface area contributed by atoms with Crippen LogP contribution in [-0.2, 0) is 10.0 Å². The minimum Gasteiger partial charge on any atom is -0.308 e. The largest absolute Gasteiger partial charge is 0.308 e. The van der Waals surface area contributed by atoms with Gasteiger partial charge in [0.05, 0.1) is 4.90 Å². The van der Waals surface area contributed by atoms with Gasteiger partial charge in [-0.15, -0.1) is 0 Å². The molecule has 1 atom stereocenters. The molecule has 7 heteroatoms. The van der Waals surface area contributed by atoms with Crippen molar-refractivity contribution in [1.29, 1.82) is 0 Å². The predicted molar refractivity (Wildman–Crippen MR) is 80.5 cm³/mol. The van der Waals surface area contributed by atoms with Crippen LogP contribution in [0.15, 0.2) is 23.2 Å². The Labute approximate surface area is 121 Å². The molecule has 114 valence electrons. The van der Waals surface area contributed by atoms with Gasteiger partial charge in [-0.1, -0.05) is 26.7 Å². The molecule has 0 aromatic carbocycles. The predicted octanol–water partition coefficient (Wildman–Crippen LogP) is 1.86. The zero-order valence-electron chi connectivity index (χ0n) is 12.3. The Morgan fingerprint density at radius 1 is 1.30 bits per heavy atom. The third kappa shape index (κ3) is 5.44. The number of nitrogens with zero attached hydrogens (tertiary/aromatic N) is 1. The number of anilines is 1. The molecular formula is C13H24N4O2S. The second-order valence-corrected chi connectivity index (χ2v) is 7.08. The van der Waals surface area contributed by atoms with Crippen LogP contribution in [0, 0.1) is 5.92 Å². The van der Waals surface area contributed by atoms with E-state index in [9.17, 15) is 8.42 Å². The third-order valence-electron chi connectivity index (χ3n) is 2.96. The topological polar surface area (TPSA) is 97.1 Å². The number of nitrogens with two attached hydrogens (primary N) is 1. The maximum atomic E-state index is 12.2. The van der Waals surface area contributed by atoms with E-state index in [-0.39, 0.29) is 10.9 Å². The molecule has 0 aliphatic rings. The molecule has 1 aromatic rings. The molecule has 0 radical (unpaired) electrons. The van der Waals surface area contributed by atoms with Gasteiger partial charge in [0.15, 0.2) is 0 Å². The highest BCUT2D eigenvalue weighted by Crippen LogP contribution is 2.14. The van der Waals surface area contributed by atoms with Crippen molar-refractivity contribution in [3.63, 3.8) is 0 Å². The van der Waals surface area contributed by atoms with Gasteiger partial charge in [-0.25, -0.2) is 24.0 Å². The van der Waals surface area contributed by atoms with Crippen LogP contribution in [0.1, 0.15) is 40.0 Å². The SMILES string of the molecule is CC(C)CCCC(C)NS(=O)(=O)c1ccnc(NN)c1. The number of rotatable bonds is 8. The van der Waals surface area contributed by atoms with Crippen LogP contribution in [-0.4, -0.2) is 19.4 Å². The van der Waals surface area contributed by atoms with E-state index in [1.54, 1.807) is 0 Å². The fourth-order valence-electron chi connectivity index (χ4n) is 1.88. The Morgan fingerprint density at radius 3 is 2.60 bits per heavy atom. The van der Waals surface area contributed by atoms with Crippen LogP contribution in [0.5, 0.6) is 0 Å². The summed E-state index contributed by atoms with van der Waals surface area (Å²) in [7, 11) is -3.53. The fraction of sp³-hybridized carbons (Fsp3) is 0.615. The van der Waals surface area contributed by atoms with E-state index in [0.29, 0.717) is 11.7 Å². The van der Waals surface area contributed by atoms with Crippen LogP contribution >= 0.6 is 0 Å². The lowest BCUT2D eigenvalue weighted by Crippen LogP contribution is -2.32. The van der Waals surface area contributed by atoms with Crippen LogP contribution in [0.25, 0.3) is 0 Å². The van der Waals surface area contributed by atoms with Crippen molar-refractivity contribution in [2.24, 2.45) is 11.8 Å². The maximum Gasteiger partial charge on any atom is 0.240 e. The summed E-state index contributed by atoms with van der Waals surface area (Å²) in [5.41, 5.74) is 2.34. The Balaban J connectivity index is 2.64. The van der Waals surface area contributed by atoms with Crippen LogP contribution in [0.4, 0.5) is 5.82 Å². The first-order valence-corrected chi connectivity index (χ1v) is 8.28. The molecule has 0 amide bonds. The summed E-state index contributed by atoms with van der Waals surface area (Å²) >= 11 is 0. The first-order chi connectivity index (χ1) is 9.35. The number of aromatic nitrogens is 1. The summed E-state index contributed by atoms with van der Waals surface area (Å²) in [6, 6.07) is 2.76. The summed E-state index contributed by atoms with van der Waals surface area (Å²) in [4.78, 5) is 4.05. The highest BCUT2D eigenvalue weighted by atomic mass is 32.2. The number of nitrogens with one attached hydrogen (secondary N) is 2. The molecule has 0 fully saturated rings. The Hall–Kier alpha value is -1.18. The zero-order chi connectivity index (χ0) is 15.2. The monoisotopic (exact) mass is 300 g/mol. The second kappa shape index (κ2) is 7.56. The quantitative estimate of drug-likeness (QED) is 0.503. The lowest BCUT2D eigenvalue weighted by Gasteiger charge is -2.15. The minimum absolute atomic E-state index is 0.0961. The smallest absolute Gasteiger partial charge is 0.240 e. The molecule has 0 saturated heterocycles. The van der Waals surface area contributed by atoms with Crippen LogP contribution in [0.2, 0.25) is 0 Å². The standard InChI is InChI=1S/C13H24N4O2S/c1-10(2)5-4-6-11(3)17-20(18,19)12-7-8-15-13(9-12)16-14/h7-11,17H,4-6,14H2,1-3H3,(H,15,16). The molecular weight excluding hydrogens is 276 g/mol. The molecule has 20 heavy (non-hydrogen) atoms. The Bertz CT molecular complexity index is 517. The van der Waals surface area contributed by atoms with E-state index in [2.05, 4.69) is 29.0 Å². The van der Waals surface area contributed by atoms with Crippen molar-refractivity contribution in [3.8, 4) is 0 Å². The highest BCUT2D eigenvalue weighted by molar-refractivity contribution is 7.89. The fourth-order valence-corrected chi connectivity index (χ4v) is 3.17. The molecule has 4 N–H and O–H groups in total. The average molecular weight is 300 g/mol. The van der Waals surface area contributed by atoms with Crippen molar-refractivity contribution >= 4 is 15.8 Å². The van der Waals surface area contributed by atoms with Crippen LogP contribution in [0.3, 0.4) is 0 Å². The minimum atomic E-state index is -3.53. The van der Waals surface area contributed by atoms with Gasteiger partial charge in [-0.3, -0.25) is 0 Å². The summed E-state index contributed by atoms with van der Waals surface area (Å²) in [6.07, 6.45) is 4.34. The van der Waals surface area contributed by atoms with E-state index in [1.807, 2.05) is 6.92 Å². The molecule has 0 aliphatic carbocycles. The van der Waals surface area contributed by atoms with Crippen LogP contribution < -0.4 is 16.0 Å². The molecule has 6 nitrogen and oxygen atoms in total. The van der Waals surface area contributed by atoms with Gasteiger partial charge in [0.1, 0.15) is 5.82 Å². The van der Waals surface area contributed by atoms with Crippen molar-refractivity contribution in [2.75, 3.05) is 5.43 Å². The van der Waals surface area contributed by atoms with Crippen molar-refractivity contribution < 1.29 is 8.42 Å². The molecule has 0 spiro atoms. The third-order valence-corrected chi connectivity index (χ3v) is 4.55. The van der Waals surface area contributed by atoms with Gasteiger partial charge in [-0.05, 0) is 25.3 Å². The van der Waals surface area contributed by atoms with E-state index < -0.39 is 10.0 Å². The van der Waals surface area contributed by atoms with E-state index >= 15 is 0 Å². The lowest BCUT2D eigenvalue weighted by molar-refractivity contribution is 0.488. The lowest BCUT2D eigenvalue weighted by atomic mass is 10.0. The van der Waals surface area contributed by atoms with Crippen molar-refractivity contribution in [1.82, 2.24) is 9.71 Å². The van der Waals surface area contributed by atoms with Gasteiger partial charge in [0.25, 0.3) is 0 Å². The number of sulfonamides is 1. The van der Waals surface area contributed by atoms with E-state index in [1.165, 1.54) is 18.3 Å². The van der Waals surface area contributed by atoms with Gasteiger partial charge < -0.3 is 5.43 Å². The number of pyridine rings is 1. The maximum absolute atomic E-state index is 12.2. The first-order valence-electron chi connectivity index (χ1n) is 6.80. The number of nitrogen functional groups attached to an aromatic ring is 1. The number of hydrazine groups is 1. The average Bonchev–Trinajstić information content (AvgIpc) is 2.37. The van der Waals surface area contributed by atoms with Crippen molar-refractivity contribution in [2.45, 2.75) is 51.0 Å². The molecule has 1 heterocycles. The van der Waals surface area contributed by atoms with Gasteiger partial charge in [0.2, 0.25) is 10.0 Å². The van der Waals surface area contributed by atoms with Gasteiger partial charge >= 0.3 is 0 Å². The number of hydrogen-bond donors (Lipinski definition) is 3. The molecule has 0 aliphatic heterocycles. The van der Waals surface area contributed by atoms with Crippen molar-refractivity contribution in [3.05, 3.63) is 18.3 Å². The molecule has 0 bridgehead atoms. The van der Waals surface area contributed by atoms with Gasteiger partial charge in [0, 0.05) is 18.3 Å². The van der Waals surface area contributed by atoms with E-state index in [4.69, 9.17) is 5.84 Å². The highest BCUT2D eigenvalue weighted by Gasteiger charge is 2.17.